The van der Waals surface area contributed by atoms with Crippen LogP contribution in [0.1, 0.15) is 30.4 Å². The van der Waals surface area contributed by atoms with Crippen molar-refractivity contribution in [2.45, 2.75) is 44.2 Å². The van der Waals surface area contributed by atoms with Gasteiger partial charge in [0.2, 0.25) is 0 Å². The maximum absolute atomic E-state index is 12.0. The van der Waals surface area contributed by atoms with Gasteiger partial charge in [-0.05, 0) is 43.2 Å². The number of aliphatic carboxylic acids is 1. The van der Waals surface area contributed by atoms with Gasteiger partial charge in [-0.1, -0.05) is 24.3 Å². The van der Waals surface area contributed by atoms with Crippen LogP contribution in [0.15, 0.2) is 24.3 Å². The van der Waals surface area contributed by atoms with Gasteiger partial charge in [-0.3, -0.25) is 4.79 Å². The highest BCUT2D eigenvalue weighted by Gasteiger charge is 2.31. The van der Waals surface area contributed by atoms with E-state index in [1.807, 2.05) is 12.1 Å². The molecule has 2 aliphatic carbocycles. The standard InChI is InChI=1S/C16H20N2O3/c19-15(20)12-5-6-13(9-12)17-16(21)18-14-7-10-3-1-2-4-11(10)8-14/h1-4,12-14H,5-9H2,(H,19,20)(H2,17,18,21)/t12-,13+/m1/s1. The first-order valence-corrected chi connectivity index (χ1v) is 7.48. The fourth-order valence-corrected chi connectivity index (χ4v) is 3.41. The van der Waals surface area contributed by atoms with E-state index in [4.69, 9.17) is 5.11 Å². The average molecular weight is 288 g/mol. The number of rotatable bonds is 3. The Bertz CT molecular complexity index is 533. The average Bonchev–Trinajstić information content (AvgIpc) is 3.04. The lowest BCUT2D eigenvalue weighted by Gasteiger charge is -2.17. The van der Waals surface area contributed by atoms with Crippen LogP contribution in [0.25, 0.3) is 0 Å². The maximum atomic E-state index is 12.0. The lowest BCUT2D eigenvalue weighted by molar-refractivity contribution is -0.141. The number of urea groups is 1. The molecule has 0 bridgehead atoms. The first-order chi connectivity index (χ1) is 10.1. The second-order valence-electron chi connectivity index (χ2n) is 6.04. The third-order valence-electron chi connectivity index (χ3n) is 4.50. The number of carbonyl (C=O) groups is 2. The zero-order valence-electron chi connectivity index (χ0n) is 11.8. The summed E-state index contributed by atoms with van der Waals surface area (Å²) in [5.74, 6) is -1.07. The Hall–Kier alpha value is -2.04. The van der Waals surface area contributed by atoms with Crippen LogP contribution >= 0.6 is 0 Å². The molecule has 0 saturated heterocycles. The molecule has 0 heterocycles. The van der Waals surface area contributed by atoms with E-state index >= 15 is 0 Å². The molecule has 0 spiro atoms. The topological polar surface area (TPSA) is 78.4 Å². The second-order valence-corrected chi connectivity index (χ2v) is 6.04. The molecule has 1 fully saturated rings. The number of nitrogens with one attached hydrogen (secondary N) is 2. The molecule has 0 unspecified atom stereocenters. The second kappa shape index (κ2) is 5.76. The Morgan fingerprint density at radius 2 is 1.62 bits per heavy atom. The minimum absolute atomic E-state index is 0.0186. The number of amides is 2. The van der Waals surface area contributed by atoms with Crippen molar-refractivity contribution in [3.05, 3.63) is 35.4 Å². The number of carbonyl (C=O) groups excluding carboxylic acids is 1. The normalized spacial score (nSPS) is 24.6. The van der Waals surface area contributed by atoms with Crippen LogP contribution in [-0.4, -0.2) is 29.2 Å². The number of fused-ring (bicyclic) bond motifs is 1. The molecule has 0 radical (unpaired) electrons. The van der Waals surface area contributed by atoms with E-state index in [9.17, 15) is 9.59 Å². The Balaban J connectivity index is 1.47. The molecule has 112 valence electrons. The highest BCUT2D eigenvalue weighted by Crippen LogP contribution is 2.26. The van der Waals surface area contributed by atoms with Crippen molar-refractivity contribution in [3.8, 4) is 0 Å². The van der Waals surface area contributed by atoms with E-state index in [1.165, 1.54) is 11.1 Å². The molecule has 21 heavy (non-hydrogen) atoms. The first-order valence-electron chi connectivity index (χ1n) is 7.48. The van der Waals surface area contributed by atoms with Gasteiger partial charge >= 0.3 is 12.0 Å². The number of carboxylic acids is 1. The van der Waals surface area contributed by atoms with E-state index in [-0.39, 0.29) is 24.0 Å². The highest BCUT2D eigenvalue weighted by atomic mass is 16.4. The van der Waals surface area contributed by atoms with Crippen molar-refractivity contribution in [3.63, 3.8) is 0 Å². The third kappa shape index (κ3) is 3.17. The molecule has 3 N–H and O–H groups in total. The molecule has 1 aromatic rings. The molecule has 1 aromatic carbocycles. The summed E-state index contributed by atoms with van der Waals surface area (Å²) in [5.41, 5.74) is 2.60. The predicted octanol–water partition coefficient (Wildman–Crippen LogP) is 1.71. The zero-order chi connectivity index (χ0) is 14.8. The predicted molar refractivity (Wildman–Crippen MR) is 78.1 cm³/mol. The van der Waals surface area contributed by atoms with Gasteiger partial charge in [0.15, 0.2) is 0 Å². The van der Waals surface area contributed by atoms with E-state index in [2.05, 4.69) is 22.8 Å². The fourth-order valence-electron chi connectivity index (χ4n) is 3.41. The van der Waals surface area contributed by atoms with Crippen LogP contribution in [0.2, 0.25) is 0 Å². The summed E-state index contributed by atoms with van der Waals surface area (Å²) in [4.78, 5) is 22.9. The van der Waals surface area contributed by atoms with Crippen molar-refractivity contribution >= 4 is 12.0 Å². The first kappa shape index (κ1) is 13.9. The summed E-state index contributed by atoms with van der Waals surface area (Å²) in [7, 11) is 0. The van der Waals surface area contributed by atoms with Crippen LogP contribution in [0.4, 0.5) is 4.79 Å². The van der Waals surface area contributed by atoms with Gasteiger partial charge in [0.05, 0.1) is 5.92 Å². The Morgan fingerprint density at radius 3 is 2.19 bits per heavy atom. The largest absolute Gasteiger partial charge is 0.481 e. The number of hydrogen-bond acceptors (Lipinski definition) is 2. The summed E-state index contributed by atoms with van der Waals surface area (Å²) in [5, 5.41) is 14.9. The summed E-state index contributed by atoms with van der Waals surface area (Å²) in [6.45, 7) is 0. The van der Waals surface area contributed by atoms with Gasteiger partial charge in [0, 0.05) is 12.1 Å². The molecule has 2 amide bonds. The summed E-state index contributed by atoms with van der Waals surface area (Å²) < 4.78 is 0. The molecule has 5 heteroatoms. The van der Waals surface area contributed by atoms with E-state index in [1.54, 1.807) is 0 Å². The van der Waals surface area contributed by atoms with Crippen LogP contribution < -0.4 is 10.6 Å². The number of carboxylic acid groups (broad SMARTS) is 1. The summed E-state index contributed by atoms with van der Waals surface area (Å²) in [6, 6.07) is 8.18. The zero-order valence-corrected chi connectivity index (χ0v) is 11.8. The van der Waals surface area contributed by atoms with Gasteiger partial charge in [0.25, 0.3) is 0 Å². The maximum Gasteiger partial charge on any atom is 0.315 e. The highest BCUT2D eigenvalue weighted by molar-refractivity contribution is 5.75. The van der Waals surface area contributed by atoms with Gasteiger partial charge < -0.3 is 15.7 Å². The molecule has 1 saturated carbocycles. The van der Waals surface area contributed by atoms with Crippen LogP contribution in [0.5, 0.6) is 0 Å². The van der Waals surface area contributed by atoms with E-state index in [0.29, 0.717) is 12.8 Å². The van der Waals surface area contributed by atoms with Crippen LogP contribution in [0, 0.1) is 5.92 Å². The summed E-state index contributed by atoms with van der Waals surface area (Å²) in [6.07, 6.45) is 3.66. The quantitative estimate of drug-likeness (QED) is 0.792. The molecule has 2 atom stereocenters. The molecule has 0 aromatic heterocycles. The Labute approximate surface area is 123 Å². The lowest BCUT2D eigenvalue weighted by atomic mass is 10.1. The van der Waals surface area contributed by atoms with E-state index in [0.717, 1.165) is 19.3 Å². The van der Waals surface area contributed by atoms with Crippen LogP contribution in [-0.2, 0) is 17.6 Å². The monoisotopic (exact) mass is 288 g/mol. The van der Waals surface area contributed by atoms with Crippen molar-refractivity contribution in [2.24, 2.45) is 5.92 Å². The molecule has 2 aliphatic rings. The minimum atomic E-state index is -0.758. The smallest absolute Gasteiger partial charge is 0.315 e. The fraction of sp³-hybridized carbons (Fsp3) is 0.500. The van der Waals surface area contributed by atoms with Gasteiger partial charge in [-0.15, -0.1) is 0 Å². The van der Waals surface area contributed by atoms with E-state index < -0.39 is 5.97 Å². The molecule has 0 aliphatic heterocycles. The van der Waals surface area contributed by atoms with Crippen molar-refractivity contribution in [2.75, 3.05) is 0 Å². The van der Waals surface area contributed by atoms with Gasteiger partial charge in [-0.2, -0.15) is 0 Å². The molecular weight excluding hydrogens is 268 g/mol. The SMILES string of the molecule is O=C(NC1Cc2ccccc2C1)N[C@H]1CC[C@@H](C(=O)O)C1. The summed E-state index contributed by atoms with van der Waals surface area (Å²) >= 11 is 0. The van der Waals surface area contributed by atoms with Crippen molar-refractivity contribution in [1.29, 1.82) is 0 Å². The molecular formula is C16H20N2O3. The number of hydrogen-bond donors (Lipinski definition) is 3. The Morgan fingerprint density at radius 1 is 1.00 bits per heavy atom. The third-order valence-corrected chi connectivity index (χ3v) is 4.50. The van der Waals surface area contributed by atoms with Crippen molar-refractivity contribution < 1.29 is 14.7 Å². The lowest BCUT2D eigenvalue weighted by Crippen LogP contribution is -2.46. The van der Waals surface area contributed by atoms with Crippen LogP contribution in [0.3, 0.4) is 0 Å². The van der Waals surface area contributed by atoms with Crippen molar-refractivity contribution in [1.82, 2.24) is 10.6 Å². The molecule has 5 nitrogen and oxygen atoms in total. The van der Waals surface area contributed by atoms with Gasteiger partial charge in [-0.25, -0.2) is 4.79 Å². The molecule has 3 rings (SSSR count). The van der Waals surface area contributed by atoms with Gasteiger partial charge in [0.1, 0.15) is 0 Å². The number of benzene rings is 1. The Kier molecular flexibility index (Phi) is 3.82. The minimum Gasteiger partial charge on any atom is -0.481 e.